The van der Waals surface area contributed by atoms with Crippen molar-refractivity contribution < 1.29 is 9.84 Å². The smallest absolute Gasteiger partial charge is 0.150 e. The van der Waals surface area contributed by atoms with Gasteiger partial charge in [-0.15, -0.1) is 0 Å². The van der Waals surface area contributed by atoms with Gasteiger partial charge >= 0.3 is 0 Å². The van der Waals surface area contributed by atoms with Crippen molar-refractivity contribution in [1.29, 1.82) is 0 Å². The number of anilines is 3. The van der Waals surface area contributed by atoms with Crippen molar-refractivity contribution in [1.82, 2.24) is 19.9 Å². The van der Waals surface area contributed by atoms with E-state index in [-0.39, 0.29) is 12.6 Å². The Morgan fingerprint density at radius 1 is 1.31 bits per heavy atom. The van der Waals surface area contributed by atoms with E-state index in [2.05, 4.69) is 25.5 Å². The van der Waals surface area contributed by atoms with Crippen LogP contribution >= 0.6 is 0 Å². The van der Waals surface area contributed by atoms with Gasteiger partial charge < -0.3 is 25.4 Å². The van der Waals surface area contributed by atoms with Crippen molar-refractivity contribution in [3.63, 3.8) is 0 Å². The van der Waals surface area contributed by atoms with Crippen LogP contribution < -0.4 is 10.6 Å². The van der Waals surface area contributed by atoms with E-state index in [0.717, 1.165) is 30.0 Å². The quantitative estimate of drug-likeness (QED) is 0.720. The molecule has 0 radical (unpaired) electrons. The molecule has 0 spiro atoms. The zero-order valence-electron chi connectivity index (χ0n) is 14.4. The molecule has 0 aliphatic carbocycles. The summed E-state index contributed by atoms with van der Waals surface area (Å²) in [6.45, 7) is 2.89. The van der Waals surface area contributed by atoms with Gasteiger partial charge in [0.15, 0.2) is 0 Å². The van der Waals surface area contributed by atoms with Crippen LogP contribution in [0.15, 0.2) is 30.9 Å². The first-order valence-electron chi connectivity index (χ1n) is 8.76. The first-order chi connectivity index (χ1) is 12.8. The van der Waals surface area contributed by atoms with Gasteiger partial charge in [0.2, 0.25) is 0 Å². The van der Waals surface area contributed by atoms with Crippen molar-refractivity contribution >= 4 is 23.5 Å². The van der Waals surface area contributed by atoms with Gasteiger partial charge in [0.1, 0.15) is 17.5 Å². The lowest BCUT2D eigenvalue weighted by Gasteiger charge is -2.27. The molecule has 136 valence electrons. The number of hydrogen-bond acceptors (Lipinski definition) is 8. The van der Waals surface area contributed by atoms with Gasteiger partial charge in [-0.25, -0.2) is 9.97 Å². The predicted molar refractivity (Wildman–Crippen MR) is 98.9 cm³/mol. The number of aliphatic hydroxyl groups excluding tert-OH is 1. The van der Waals surface area contributed by atoms with Crippen molar-refractivity contribution in [2.24, 2.45) is 0 Å². The SMILES string of the molecule is OCCN1C=Cc2cc(Nc3cnccn3)nc(N[C@H]3CCOC3)c2C1. The second-order valence-corrected chi connectivity index (χ2v) is 6.35. The van der Waals surface area contributed by atoms with Gasteiger partial charge in [-0.3, -0.25) is 4.98 Å². The van der Waals surface area contributed by atoms with Gasteiger partial charge in [0.05, 0.1) is 25.5 Å². The van der Waals surface area contributed by atoms with Crippen LogP contribution in [0.5, 0.6) is 0 Å². The average Bonchev–Trinajstić information content (AvgIpc) is 3.16. The molecular formula is C18H22N6O2. The predicted octanol–water partition coefficient (Wildman–Crippen LogP) is 1.59. The molecule has 3 N–H and O–H groups in total. The van der Waals surface area contributed by atoms with Gasteiger partial charge in [-0.2, -0.15) is 0 Å². The highest BCUT2D eigenvalue weighted by Crippen LogP contribution is 2.30. The molecule has 2 aromatic rings. The molecule has 1 fully saturated rings. The molecular weight excluding hydrogens is 332 g/mol. The van der Waals surface area contributed by atoms with E-state index in [9.17, 15) is 5.11 Å². The Kier molecular flexibility index (Phi) is 4.94. The van der Waals surface area contributed by atoms with E-state index >= 15 is 0 Å². The fraction of sp³-hybridized carbons (Fsp3) is 0.389. The van der Waals surface area contributed by atoms with Crippen molar-refractivity contribution in [3.05, 3.63) is 42.0 Å². The van der Waals surface area contributed by atoms with Crippen LogP contribution in [0.1, 0.15) is 17.5 Å². The van der Waals surface area contributed by atoms with Crippen LogP contribution in [0.2, 0.25) is 0 Å². The van der Waals surface area contributed by atoms with Crippen LogP contribution in [0.4, 0.5) is 17.5 Å². The largest absolute Gasteiger partial charge is 0.395 e. The number of aliphatic hydroxyl groups is 1. The van der Waals surface area contributed by atoms with Crippen LogP contribution in [0, 0.1) is 0 Å². The Hall–Kier alpha value is -2.71. The van der Waals surface area contributed by atoms with Crippen LogP contribution in [0.3, 0.4) is 0 Å². The third kappa shape index (κ3) is 3.76. The van der Waals surface area contributed by atoms with Crippen LogP contribution in [-0.4, -0.2) is 57.4 Å². The Morgan fingerprint density at radius 2 is 2.27 bits per heavy atom. The molecule has 0 amide bonds. The lowest BCUT2D eigenvalue weighted by atomic mass is 10.0. The summed E-state index contributed by atoms with van der Waals surface area (Å²) in [5, 5.41) is 16.0. The molecule has 0 saturated carbocycles. The normalized spacial score (nSPS) is 18.7. The Balaban J connectivity index is 1.64. The number of nitrogens with one attached hydrogen (secondary N) is 2. The lowest BCUT2D eigenvalue weighted by molar-refractivity contribution is 0.195. The maximum absolute atomic E-state index is 9.23. The first-order valence-corrected chi connectivity index (χ1v) is 8.76. The minimum Gasteiger partial charge on any atom is -0.395 e. The molecule has 4 rings (SSSR count). The summed E-state index contributed by atoms with van der Waals surface area (Å²) in [6, 6.07) is 2.27. The standard InChI is InChI=1S/C18H22N6O2/c25-7-6-24-5-1-13-9-16(22-17-10-19-3-4-20-17)23-18(15(13)11-24)21-14-2-8-26-12-14/h1,3-5,9-10,14,25H,2,6-8,11-12H2,(H2,20,21,22,23)/t14-/m0/s1. The van der Waals surface area contributed by atoms with E-state index in [1.165, 1.54) is 0 Å². The molecule has 26 heavy (non-hydrogen) atoms. The Labute approximate surface area is 151 Å². The summed E-state index contributed by atoms with van der Waals surface area (Å²) in [7, 11) is 0. The molecule has 1 saturated heterocycles. The molecule has 2 aliphatic rings. The summed E-state index contributed by atoms with van der Waals surface area (Å²) in [5.41, 5.74) is 2.22. The number of pyridine rings is 1. The molecule has 8 nitrogen and oxygen atoms in total. The van der Waals surface area contributed by atoms with Crippen LogP contribution in [0.25, 0.3) is 6.08 Å². The Morgan fingerprint density at radius 3 is 3.04 bits per heavy atom. The van der Waals surface area contributed by atoms with Crippen molar-refractivity contribution in [2.75, 3.05) is 37.0 Å². The zero-order valence-corrected chi connectivity index (χ0v) is 14.4. The molecule has 8 heteroatoms. The van der Waals surface area contributed by atoms with Gasteiger partial charge in [0.25, 0.3) is 0 Å². The van der Waals surface area contributed by atoms with Gasteiger partial charge in [-0.05, 0) is 24.1 Å². The highest BCUT2D eigenvalue weighted by Gasteiger charge is 2.21. The summed E-state index contributed by atoms with van der Waals surface area (Å²) in [5.74, 6) is 2.21. The fourth-order valence-electron chi connectivity index (χ4n) is 3.15. The monoisotopic (exact) mass is 354 g/mol. The van der Waals surface area contributed by atoms with Gasteiger partial charge in [-0.1, -0.05) is 0 Å². The third-order valence-corrected chi connectivity index (χ3v) is 4.46. The molecule has 4 heterocycles. The maximum atomic E-state index is 9.23. The minimum absolute atomic E-state index is 0.124. The highest BCUT2D eigenvalue weighted by molar-refractivity contribution is 5.69. The second kappa shape index (κ2) is 7.67. The van der Waals surface area contributed by atoms with Gasteiger partial charge in [0, 0.05) is 43.9 Å². The third-order valence-electron chi connectivity index (χ3n) is 4.46. The van der Waals surface area contributed by atoms with Crippen LogP contribution in [-0.2, 0) is 11.3 Å². The molecule has 1 atom stereocenters. The zero-order chi connectivity index (χ0) is 17.8. The average molecular weight is 354 g/mol. The van der Waals surface area contributed by atoms with Crippen molar-refractivity contribution in [2.45, 2.75) is 19.0 Å². The topological polar surface area (TPSA) is 95.4 Å². The number of nitrogens with zero attached hydrogens (tertiary/aromatic N) is 4. The minimum atomic E-state index is 0.124. The molecule has 2 aromatic heterocycles. The molecule has 0 unspecified atom stereocenters. The van der Waals surface area contributed by atoms with E-state index in [1.54, 1.807) is 18.6 Å². The van der Waals surface area contributed by atoms with E-state index in [0.29, 0.717) is 31.3 Å². The fourth-order valence-corrected chi connectivity index (χ4v) is 3.15. The number of aromatic nitrogens is 3. The lowest BCUT2D eigenvalue weighted by Crippen LogP contribution is -2.27. The second-order valence-electron chi connectivity index (χ2n) is 6.35. The summed E-state index contributed by atoms with van der Waals surface area (Å²) >= 11 is 0. The maximum Gasteiger partial charge on any atom is 0.150 e. The first kappa shape index (κ1) is 16.7. The van der Waals surface area contributed by atoms with E-state index < -0.39 is 0 Å². The molecule has 2 aliphatic heterocycles. The van der Waals surface area contributed by atoms with Crippen molar-refractivity contribution in [3.8, 4) is 0 Å². The highest BCUT2D eigenvalue weighted by atomic mass is 16.5. The number of hydrogen-bond donors (Lipinski definition) is 3. The number of fused-ring (bicyclic) bond motifs is 1. The summed E-state index contributed by atoms with van der Waals surface area (Å²) < 4.78 is 5.48. The number of β-amino-alcohol motifs (C(OH)–C–C–N with tert-alkyl or cyclic N) is 1. The van der Waals surface area contributed by atoms with E-state index in [4.69, 9.17) is 9.72 Å². The summed E-state index contributed by atoms with van der Waals surface area (Å²) in [4.78, 5) is 15.2. The molecule has 0 bridgehead atoms. The number of rotatable bonds is 6. The number of ether oxygens (including phenoxy) is 1. The molecule has 0 aromatic carbocycles. The summed E-state index contributed by atoms with van der Waals surface area (Å²) in [6.07, 6.45) is 9.97. The van der Waals surface area contributed by atoms with E-state index in [1.807, 2.05) is 18.3 Å². The Bertz CT molecular complexity index is 777.